The molecule has 1 atom stereocenters. The number of benzene rings is 1. The molecular weight excluding hydrogens is 272 g/mol. The van der Waals surface area contributed by atoms with Gasteiger partial charge in [-0.15, -0.1) is 0 Å². The predicted molar refractivity (Wildman–Crippen MR) is 68.1 cm³/mol. The molecule has 0 spiro atoms. The molecule has 1 saturated carbocycles. The van der Waals surface area contributed by atoms with Crippen molar-refractivity contribution < 1.29 is 17.6 Å². The molecule has 6 heteroatoms. The highest BCUT2D eigenvalue weighted by Crippen LogP contribution is 2.42. The smallest absolute Gasteiger partial charge is 0.248 e. The van der Waals surface area contributed by atoms with E-state index < -0.39 is 23.6 Å². The fourth-order valence-corrected chi connectivity index (χ4v) is 2.81. The predicted octanol–water partition coefficient (Wildman–Crippen LogP) is 3.60. The molecule has 112 valence electrons. The van der Waals surface area contributed by atoms with Gasteiger partial charge in [-0.2, -0.15) is 0 Å². The van der Waals surface area contributed by atoms with Gasteiger partial charge in [0.1, 0.15) is 11.6 Å². The Kier molecular flexibility index (Phi) is 4.34. The minimum absolute atomic E-state index is 0.150. The Morgan fingerprint density at radius 1 is 1.25 bits per heavy atom. The Labute approximate surface area is 115 Å². The number of nitrogens with one attached hydrogen (secondary N) is 1. The lowest BCUT2D eigenvalue weighted by molar-refractivity contribution is -0.0500. The first kappa shape index (κ1) is 15.3. The van der Waals surface area contributed by atoms with Gasteiger partial charge >= 0.3 is 0 Å². The average molecular weight is 290 g/mol. The van der Waals surface area contributed by atoms with Gasteiger partial charge in [0.25, 0.3) is 0 Å². The van der Waals surface area contributed by atoms with E-state index in [0.717, 1.165) is 0 Å². The van der Waals surface area contributed by atoms with Crippen molar-refractivity contribution >= 4 is 0 Å². The summed E-state index contributed by atoms with van der Waals surface area (Å²) in [5.74, 6) is 1.08. The highest BCUT2D eigenvalue weighted by molar-refractivity contribution is 5.29. The Balaban J connectivity index is 2.28. The minimum atomic E-state index is -2.68. The topological polar surface area (TPSA) is 38.0 Å². The van der Waals surface area contributed by atoms with Gasteiger partial charge in [0.05, 0.1) is 6.04 Å². The summed E-state index contributed by atoms with van der Waals surface area (Å²) >= 11 is 0. The molecule has 0 bridgehead atoms. The van der Waals surface area contributed by atoms with Gasteiger partial charge in [-0.25, -0.2) is 17.6 Å². The molecule has 0 saturated heterocycles. The van der Waals surface area contributed by atoms with Crippen molar-refractivity contribution in [1.29, 1.82) is 0 Å². The van der Waals surface area contributed by atoms with Crippen LogP contribution in [0.25, 0.3) is 0 Å². The van der Waals surface area contributed by atoms with Crippen LogP contribution >= 0.6 is 0 Å². The first-order valence-corrected chi connectivity index (χ1v) is 6.64. The maximum absolute atomic E-state index is 14.1. The normalized spacial score (nSPS) is 20.9. The van der Waals surface area contributed by atoms with Crippen molar-refractivity contribution in [2.45, 2.75) is 44.6 Å². The molecule has 0 aliphatic heterocycles. The lowest BCUT2D eigenvalue weighted by Gasteiger charge is -2.34. The van der Waals surface area contributed by atoms with Crippen LogP contribution in [-0.2, 0) is 0 Å². The molecule has 1 fully saturated rings. The number of hydrogen-bond acceptors (Lipinski definition) is 2. The summed E-state index contributed by atoms with van der Waals surface area (Å²) in [6.07, 6.45) is -0.167. The number of aryl methyl sites for hydroxylation is 1. The largest absolute Gasteiger partial charge is 0.271 e. The molecule has 3 N–H and O–H groups in total. The number of hydrogen-bond donors (Lipinski definition) is 2. The highest BCUT2D eigenvalue weighted by Gasteiger charge is 2.39. The van der Waals surface area contributed by atoms with Gasteiger partial charge < -0.3 is 0 Å². The summed E-state index contributed by atoms with van der Waals surface area (Å²) in [5, 5.41) is 0. The van der Waals surface area contributed by atoms with Crippen LogP contribution in [0.1, 0.15) is 42.9 Å². The van der Waals surface area contributed by atoms with Gasteiger partial charge in [-0.05, 0) is 37.3 Å². The van der Waals surface area contributed by atoms with Crippen molar-refractivity contribution in [3.05, 3.63) is 34.9 Å². The second-order valence-electron chi connectivity index (χ2n) is 5.43. The standard InChI is InChI=1S/C14H18F4N2/c1-8-2-3-10(15)11(12(8)16)13(20-19)9-4-6-14(17,18)7-5-9/h2-3,9,13,20H,4-7,19H2,1H3. The van der Waals surface area contributed by atoms with E-state index in [1.807, 2.05) is 0 Å². The lowest BCUT2D eigenvalue weighted by Crippen LogP contribution is -2.38. The number of rotatable bonds is 3. The van der Waals surface area contributed by atoms with Crippen LogP contribution < -0.4 is 11.3 Å². The van der Waals surface area contributed by atoms with Crippen LogP contribution in [0.2, 0.25) is 0 Å². The summed E-state index contributed by atoms with van der Waals surface area (Å²) in [6.45, 7) is 1.53. The maximum atomic E-state index is 14.1. The first-order valence-electron chi connectivity index (χ1n) is 6.64. The third kappa shape index (κ3) is 2.96. The zero-order valence-corrected chi connectivity index (χ0v) is 11.2. The molecule has 20 heavy (non-hydrogen) atoms. The molecular formula is C14H18F4N2. The first-order chi connectivity index (χ1) is 9.35. The summed E-state index contributed by atoms with van der Waals surface area (Å²) in [4.78, 5) is 0. The van der Waals surface area contributed by atoms with E-state index in [0.29, 0.717) is 5.56 Å². The van der Waals surface area contributed by atoms with Crippen LogP contribution in [0, 0.1) is 24.5 Å². The molecule has 0 aromatic heterocycles. The van der Waals surface area contributed by atoms with E-state index in [-0.39, 0.29) is 37.2 Å². The third-order valence-corrected chi connectivity index (χ3v) is 4.04. The molecule has 1 aliphatic rings. The van der Waals surface area contributed by atoms with Crippen molar-refractivity contribution in [3.8, 4) is 0 Å². The van der Waals surface area contributed by atoms with Gasteiger partial charge in [0.15, 0.2) is 0 Å². The Morgan fingerprint density at radius 3 is 2.40 bits per heavy atom. The Hall–Kier alpha value is -1.14. The van der Waals surface area contributed by atoms with Crippen molar-refractivity contribution in [3.63, 3.8) is 0 Å². The van der Waals surface area contributed by atoms with Gasteiger partial charge in [-0.3, -0.25) is 11.3 Å². The molecule has 2 rings (SSSR count). The van der Waals surface area contributed by atoms with E-state index in [9.17, 15) is 17.6 Å². The molecule has 0 amide bonds. The van der Waals surface area contributed by atoms with Crippen molar-refractivity contribution in [2.75, 3.05) is 0 Å². The molecule has 1 aromatic rings. The fourth-order valence-electron chi connectivity index (χ4n) is 2.81. The SMILES string of the molecule is Cc1ccc(F)c(C(NN)C2CCC(F)(F)CC2)c1F. The minimum Gasteiger partial charge on any atom is -0.271 e. The fraction of sp³-hybridized carbons (Fsp3) is 0.571. The van der Waals surface area contributed by atoms with Crippen molar-refractivity contribution in [2.24, 2.45) is 11.8 Å². The molecule has 1 aliphatic carbocycles. The molecule has 0 radical (unpaired) electrons. The number of alkyl halides is 2. The quantitative estimate of drug-likeness (QED) is 0.507. The van der Waals surface area contributed by atoms with Crippen LogP contribution in [0.15, 0.2) is 12.1 Å². The summed E-state index contributed by atoms with van der Waals surface area (Å²) in [5.41, 5.74) is 2.56. The molecule has 1 unspecified atom stereocenters. The van der Waals surface area contributed by atoms with Gasteiger partial charge in [0, 0.05) is 18.4 Å². The summed E-state index contributed by atoms with van der Waals surface area (Å²) in [7, 11) is 0. The van der Waals surface area contributed by atoms with Crippen LogP contribution in [0.4, 0.5) is 17.6 Å². The average Bonchev–Trinajstić information content (AvgIpc) is 2.40. The van der Waals surface area contributed by atoms with E-state index in [1.54, 1.807) is 0 Å². The second kappa shape index (κ2) is 5.69. The van der Waals surface area contributed by atoms with Crippen LogP contribution in [0.5, 0.6) is 0 Å². The summed E-state index contributed by atoms with van der Waals surface area (Å²) < 4.78 is 54.4. The lowest BCUT2D eigenvalue weighted by atomic mass is 9.79. The number of nitrogens with two attached hydrogens (primary N) is 1. The second-order valence-corrected chi connectivity index (χ2v) is 5.43. The van der Waals surface area contributed by atoms with Crippen molar-refractivity contribution in [1.82, 2.24) is 5.43 Å². The van der Waals surface area contributed by atoms with Gasteiger partial charge in [-0.1, -0.05) is 6.07 Å². The number of halogens is 4. The molecule has 0 heterocycles. The highest BCUT2D eigenvalue weighted by atomic mass is 19.3. The monoisotopic (exact) mass is 290 g/mol. The number of hydrazine groups is 1. The zero-order chi connectivity index (χ0) is 14.9. The van der Waals surface area contributed by atoms with Crippen LogP contribution in [-0.4, -0.2) is 5.92 Å². The summed E-state index contributed by atoms with van der Waals surface area (Å²) in [6, 6.07) is 1.73. The van der Waals surface area contributed by atoms with E-state index in [2.05, 4.69) is 5.43 Å². The van der Waals surface area contributed by atoms with E-state index in [1.165, 1.54) is 19.1 Å². The Morgan fingerprint density at radius 2 is 1.85 bits per heavy atom. The van der Waals surface area contributed by atoms with E-state index in [4.69, 9.17) is 5.84 Å². The van der Waals surface area contributed by atoms with Crippen LogP contribution in [0.3, 0.4) is 0 Å². The van der Waals surface area contributed by atoms with E-state index >= 15 is 0 Å². The molecule has 1 aromatic carbocycles. The maximum Gasteiger partial charge on any atom is 0.248 e. The Bertz CT molecular complexity index is 480. The zero-order valence-electron chi connectivity index (χ0n) is 11.2. The molecule has 2 nitrogen and oxygen atoms in total. The third-order valence-electron chi connectivity index (χ3n) is 4.04. The van der Waals surface area contributed by atoms with Gasteiger partial charge in [0.2, 0.25) is 5.92 Å².